The normalized spacial score (nSPS) is 10.4. The van der Waals surface area contributed by atoms with E-state index in [1.165, 1.54) is 0 Å². The molecule has 0 aliphatic carbocycles. The second-order valence-electron chi connectivity index (χ2n) is 4.04. The third-order valence-electron chi connectivity index (χ3n) is 2.60. The van der Waals surface area contributed by atoms with Crippen molar-refractivity contribution in [2.75, 3.05) is 17.2 Å². The Hall–Kier alpha value is -2.04. The van der Waals surface area contributed by atoms with Crippen LogP contribution >= 0.6 is 0 Å². The molecule has 0 bridgehead atoms. The van der Waals surface area contributed by atoms with Gasteiger partial charge in [-0.1, -0.05) is 6.07 Å². The molecule has 0 aliphatic heterocycles. The van der Waals surface area contributed by atoms with Gasteiger partial charge in [-0.2, -0.15) is 0 Å². The van der Waals surface area contributed by atoms with E-state index in [2.05, 4.69) is 20.6 Å². The summed E-state index contributed by atoms with van der Waals surface area (Å²) in [6, 6.07) is 5.82. The average Bonchev–Trinajstić information content (AvgIpc) is 2.67. The topological polar surface area (TPSA) is 63.0 Å². The van der Waals surface area contributed by atoms with Crippen LogP contribution in [0.3, 0.4) is 0 Å². The first-order chi connectivity index (χ1) is 8.69. The summed E-state index contributed by atoms with van der Waals surface area (Å²) in [7, 11) is 0. The van der Waals surface area contributed by atoms with Gasteiger partial charge in [-0.3, -0.25) is 0 Å². The molecule has 5 heteroatoms. The molecule has 2 heterocycles. The molecule has 0 fully saturated rings. The average molecular weight is 246 g/mol. The minimum absolute atomic E-state index is 0.539. The Kier molecular flexibility index (Phi) is 3.82. The minimum Gasteiger partial charge on any atom is -0.444 e. The van der Waals surface area contributed by atoms with Crippen molar-refractivity contribution in [2.24, 2.45) is 0 Å². The maximum absolute atomic E-state index is 5.50. The molecule has 0 saturated carbocycles. The highest BCUT2D eigenvalue weighted by Crippen LogP contribution is 2.12. The molecular formula is C13H18N4O. The molecule has 0 aromatic carbocycles. The van der Waals surface area contributed by atoms with Crippen LogP contribution in [0.2, 0.25) is 0 Å². The van der Waals surface area contributed by atoms with Crippen molar-refractivity contribution >= 4 is 11.6 Å². The van der Waals surface area contributed by atoms with Gasteiger partial charge in [0.15, 0.2) is 0 Å². The van der Waals surface area contributed by atoms with Crippen LogP contribution in [0.25, 0.3) is 0 Å². The van der Waals surface area contributed by atoms with Crippen molar-refractivity contribution in [1.29, 1.82) is 0 Å². The van der Waals surface area contributed by atoms with E-state index in [1.807, 2.05) is 39.0 Å². The SMILES string of the molecule is CCNc1cccc(NCc2nc(C)c(C)o2)n1. The second-order valence-corrected chi connectivity index (χ2v) is 4.04. The van der Waals surface area contributed by atoms with Crippen LogP contribution in [0.1, 0.15) is 24.3 Å². The molecule has 2 aromatic rings. The predicted octanol–water partition coefficient (Wildman–Crippen LogP) is 2.73. The second kappa shape index (κ2) is 5.53. The van der Waals surface area contributed by atoms with E-state index in [1.54, 1.807) is 0 Å². The van der Waals surface area contributed by atoms with E-state index in [0.717, 1.165) is 29.6 Å². The van der Waals surface area contributed by atoms with Gasteiger partial charge in [0.1, 0.15) is 17.4 Å². The summed E-state index contributed by atoms with van der Waals surface area (Å²) in [6.07, 6.45) is 0. The highest BCUT2D eigenvalue weighted by atomic mass is 16.4. The molecule has 2 rings (SSSR count). The van der Waals surface area contributed by atoms with Crippen molar-refractivity contribution < 1.29 is 4.42 Å². The smallest absolute Gasteiger partial charge is 0.213 e. The van der Waals surface area contributed by atoms with Gasteiger partial charge in [0.05, 0.1) is 12.2 Å². The third kappa shape index (κ3) is 3.00. The summed E-state index contributed by atoms with van der Waals surface area (Å²) in [5, 5.41) is 6.36. The fourth-order valence-electron chi connectivity index (χ4n) is 1.59. The summed E-state index contributed by atoms with van der Waals surface area (Å²) in [5.41, 5.74) is 0.932. The van der Waals surface area contributed by atoms with E-state index < -0.39 is 0 Å². The molecule has 0 aliphatic rings. The van der Waals surface area contributed by atoms with E-state index in [9.17, 15) is 0 Å². The Bertz CT molecular complexity index is 502. The molecule has 18 heavy (non-hydrogen) atoms. The minimum atomic E-state index is 0.539. The molecular weight excluding hydrogens is 228 g/mol. The van der Waals surface area contributed by atoms with Crippen LogP contribution in [0.5, 0.6) is 0 Å². The highest BCUT2D eigenvalue weighted by Gasteiger charge is 2.05. The Morgan fingerprint density at radius 3 is 2.44 bits per heavy atom. The molecule has 0 unspecified atom stereocenters. The van der Waals surface area contributed by atoms with Gasteiger partial charge < -0.3 is 15.1 Å². The lowest BCUT2D eigenvalue weighted by Gasteiger charge is -2.06. The van der Waals surface area contributed by atoms with Crippen LogP contribution in [0, 0.1) is 13.8 Å². The molecule has 2 N–H and O–H groups in total. The Morgan fingerprint density at radius 2 is 1.83 bits per heavy atom. The van der Waals surface area contributed by atoms with E-state index in [0.29, 0.717) is 12.4 Å². The van der Waals surface area contributed by atoms with Crippen LogP contribution in [0.15, 0.2) is 22.6 Å². The molecule has 0 atom stereocenters. The van der Waals surface area contributed by atoms with Gasteiger partial charge >= 0.3 is 0 Å². The molecule has 0 saturated heterocycles. The lowest BCUT2D eigenvalue weighted by molar-refractivity contribution is 0.478. The van der Waals surface area contributed by atoms with Gasteiger partial charge in [0.25, 0.3) is 0 Å². The molecule has 0 spiro atoms. The van der Waals surface area contributed by atoms with Gasteiger partial charge in [0, 0.05) is 6.54 Å². The number of hydrogen-bond donors (Lipinski definition) is 2. The first kappa shape index (κ1) is 12.4. The van der Waals surface area contributed by atoms with Crippen molar-refractivity contribution in [3.63, 3.8) is 0 Å². The molecule has 0 radical (unpaired) electrons. The number of aryl methyl sites for hydroxylation is 2. The molecule has 0 amide bonds. The fourth-order valence-corrected chi connectivity index (χ4v) is 1.59. The Morgan fingerprint density at radius 1 is 1.11 bits per heavy atom. The van der Waals surface area contributed by atoms with E-state index in [4.69, 9.17) is 4.42 Å². The predicted molar refractivity (Wildman–Crippen MR) is 71.7 cm³/mol. The molecule has 5 nitrogen and oxygen atoms in total. The van der Waals surface area contributed by atoms with Crippen LogP contribution in [-0.4, -0.2) is 16.5 Å². The van der Waals surface area contributed by atoms with Crippen molar-refractivity contribution in [1.82, 2.24) is 9.97 Å². The van der Waals surface area contributed by atoms with Gasteiger partial charge in [0.2, 0.25) is 5.89 Å². The maximum atomic E-state index is 5.50. The van der Waals surface area contributed by atoms with E-state index >= 15 is 0 Å². The number of rotatable bonds is 5. The van der Waals surface area contributed by atoms with Gasteiger partial charge in [-0.05, 0) is 32.9 Å². The lowest BCUT2D eigenvalue weighted by Crippen LogP contribution is -2.04. The molecule has 2 aromatic heterocycles. The van der Waals surface area contributed by atoms with Crippen LogP contribution in [-0.2, 0) is 6.54 Å². The summed E-state index contributed by atoms with van der Waals surface area (Å²) >= 11 is 0. The van der Waals surface area contributed by atoms with Crippen molar-refractivity contribution in [2.45, 2.75) is 27.3 Å². The zero-order valence-electron chi connectivity index (χ0n) is 10.9. The van der Waals surface area contributed by atoms with Crippen molar-refractivity contribution in [3.8, 4) is 0 Å². The fraction of sp³-hybridized carbons (Fsp3) is 0.385. The Labute approximate surface area is 107 Å². The zero-order chi connectivity index (χ0) is 13.0. The summed E-state index contributed by atoms with van der Waals surface area (Å²) in [6.45, 7) is 7.29. The monoisotopic (exact) mass is 246 g/mol. The van der Waals surface area contributed by atoms with Gasteiger partial charge in [-0.15, -0.1) is 0 Å². The number of oxazole rings is 1. The third-order valence-corrected chi connectivity index (χ3v) is 2.60. The summed E-state index contributed by atoms with van der Waals surface area (Å²) in [4.78, 5) is 8.73. The number of nitrogens with one attached hydrogen (secondary N) is 2. The summed E-state index contributed by atoms with van der Waals surface area (Å²) < 4.78 is 5.50. The highest BCUT2D eigenvalue weighted by molar-refractivity contribution is 5.44. The van der Waals surface area contributed by atoms with Gasteiger partial charge in [-0.25, -0.2) is 9.97 Å². The van der Waals surface area contributed by atoms with E-state index in [-0.39, 0.29) is 0 Å². The number of anilines is 2. The first-order valence-electron chi connectivity index (χ1n) is 6.06. The summed E-state index contributed by atoms with van der Waals surface area (Å²) in [5.74, 6) is 3.21. The van der Waals surface area contributed by atoms with Crippen LogP contribution in [0.4, 0.5) is 11.6 Å². The lowest BCUT2D eigenvalue weighted by atomic mass is 10.4. The number of pyridine rings is 1. The quantitative estimate of drug-likeness (QED) is 0.849. The first-order valence-corrected chi connectivity index (χ1v) is 6.06. The standard InChI is InChI=1S/C13H18N4O/c1-4-14-11-6-5-7-12(17-11)15-8-13-16-9(2)10(3)18-13/h5-7H,4,8H2,1-3H3,(H2,14,15,17). The van der Waals surface area contributed by atoms with Crippen LogP contribution < -0.4 is 10.6 Å². The largest absolute Gasteiger partial charge is 0.444 e. The van der Waals surface area contributed by atoms with Crippen molar-refractivity contribution in [3.05, 3.63) is 35.5 Å². The number of hydrogen-bond acceptors (Lipinski definition) is 5. The molecule has 96 valence electrons. The zero-order valence-corrected chi connectivity index (χ0v) is 10.9. The number of aromatic nitrogens is 2. The maximum Gasteiger partial charge on any atom is 0.213 e. The number of nitrogens with zero attached hydrogens (tertiary/aromatic N) is 2. The Balaban J connectivity index is 1.99.